The summed E-state index contributed by atoms with van der Waals surface area (Å²) in [5.74, 6) is -0.127. The van der Waals surface area contributed by atoms with E-state index in [-0.39, 0.29) is 23.7 Å². The van der Waals surface area contributed by atoms with E-state index in [9.17, 15) is 9.59 Å². The fourth-order valence-electron chi connectivity index (χ4n) is 3.08. The Morgan fingerprint density at radius 3 is 2.96 bits per heavy atom. The highest BCUT2D eigenvalue weighted by Gasteiger charge is 2.30. The molecular weight excluding hydrogens is 416 g/mol. The van der Waals surface area contributed by atoms with Crippen molar-refractivity contribution in [2.24, 2.45) is 11.8 Å². The van der Waals surface area contributed by atoms with Gasteiger partial charge in [-0.1, -0.05) is 48.5 Å². The van der Waals surface area contributed by atoms with Crippen LogP contribution in [0.3, 0.4) is 0 Å². The third-order valence-electron chi connectivity index (χ3n) is 4.87. The number of halogens is 1. The maximum Gasteiger partial charge on any atom is 0.229 e. The van der Waals surface area contributed by atoms with Gasteiger partial charge < -0.3 is 10.2 Å². The van der Waals surface area contributed by atoms with E-state index < -0.39 is 0 Å². The molecule has 0 radical (unpaired) electrons. The van der Waals surface area contributed by atoms with Crippen molar-refractivity contribution >= 4 is 52.2 Å². The molecule has 2 heterocycles. The van der Waals surface area contributed by atoms with Crippen molar-refractivity contribution in [2.75, 3.05) is 18.4 Å². The predicted molar refractivity (Wildman–Crippen MR) is 113 cm³/mol. The number of amides is 2. The molecule has 0 spiro atoms. The van der Waals surface area contributed by atoms with Gasteiger partial charge in [-0.05, 0) is 37.5 Å². The van der Waals surface area contributed by atoms with Gasteiger partial charge in [-0.25, -0.2) is 0 Å². The number of carbonyl (C=O) groups excluding carboxylic acids is 2. The molecule has 1 aliphatic heterocycles. The van der Waals surface area contributed by atoms with Crippen molar-refractivity contribution in [3.8, 4) is 0 Å². The quantitative estimate of drug-likeness (QED) is 0.715. The maximum atomic E-state index is 12.7. The fourth-order valence-corrected chi connectivity index (χ4v) is 4.82. The number of piperidine rings is 1. The Hall–Kier alpha value is -1.64. The highest BCUT2D eigenvalue weighted by atomic mass is 35.5. The van der Waals surface area contributed by atoms with Gasteiger partial charge in [0.05, 0.1) is 10.9 Å². The number of aromatic nitrogens is 2. The first-order valence-corrected chi connectivity index (χ1v) is 11.4. The summed E-state index contributed by atoms with van der Waals surface area (Å²) in [4.78, 5) is 27.8. The van der Waals surface area contributed by atoms with Crippen LogP contribution in [0.2, 0.25) is 5.02 Å². The largest absolute Gasteiger partial charge is 0.342 e. The van der Waals surface area contributed by atoms with Gasteiger partial charge >= 0.3 is 0 Å². The van der Waals surface area contributed by atoms with Gasteiger partial charge in [0, 0.05) is 29.6 Å². The molecule has 1 aromatic carbocycles. The first kappa shape index (κ1) is 21.1. The average molecular weight is 439 g/mol. The topological polar surface area (TPSA) is 75.2 Å². The Morgan fingerprint density at radius 1 is 1.46 bits per heavy atom. The van der Waals surface area contributed by atoms with Gasteiger partial charge in [-0.2, -0.15) is 0 Å². The van der Waals surface area contributed by atoms with Crippen molar-refractivity contribution in [1.82, 2.24) is 15.1 Å². The van der Waals surface area contributed by atoms with E-state index in [0.29, 0.717) is 17.3 Å². The summed E-state index contributed by atoms with van der Waals surface area (Å²) in [7, 11) is 0. The van der Waals surface area contributed by atoms with Crippen LogP contribution in [0, 0.1) is 11.8 Å². The van der Waals surface area contributed by atoms with Crippen molar-refractivity contribution in [3.05, 3.63) is 28.7 Å². The van der Waals surface area contributed by atoms with E-state index >= 15 is 0 Å². The van der Waals surface area contributed by atoms with E-state index in [1.165, 1.54) is 23.1 Å². The standard InChI is InChI=1S/C19H23ClN4O2S2/c1-3-12(2)18(26)24-8-4-5-13(10-24)17(25)22-14-6-7-16(15(20)9-14)28-19-23-21-11-27-19/h6-7,9,11-13H,3-5,8,10H2,1-2H3,(H,22,25). The summed E-state index contributed by atoms with van der Waals surface area (Å²) < 4.78 is 0.812. The second kappa shape index (κ2) is 9.71. The van der Waals surface area contributed by atoms with Crippen molar-refractivity contribution in [1.29, 1.82) is 0 Å². The number of nitrogens with one attached hydrogen (secondary N) is 1. The van der Waals surface area contributed by atoms with Gasteiger partial charge in [-0.3, -0.25) is 9.59 Å². The fraction of sp³-hybridized carbons (Fsp3) is 0.474. The van der Waals surface area contributed by atoms with E-state index in [1.54, 1.807) is 11.6 Å². The zero-order valence-electron chi connectivity index (χ0n) is 15.9. The predicted octanol–water partition coefficient (Wildman–Crippen LogP) is 4.57. The molecule has 3 rings (SSSR count). The Labute approximate surface area is 178 Å². The Kier molecular flexibility index (Phi) is 7.31. The van der Waals surface area contributed by atoms with Crippen LogP contribution < -0.4 is 5.32 Å². The molecule has 0 saturated carbocycles. The normalized spacial score (nSPS) is 18.0. The van der Waals surface area contributed by atoms with Crippen LogP contribution in [0.1, 0.15) is 33.1 Å². The highest BCUT2D eigenvalue weighted by Crippen LogP contribution is 2.35. The van der Waals surface area contributed by atoms with Crippen LogP contribution in [0.4, 0.5) is 5.69 Å². The number of benzene rings is 1. The van der Waals surface area contributed by atoms with Crippen LogP contribution in [-0.4, -0.2) is 40.0 Å². The monoisotopic (exact) mass is 438 g/mol. The first-order chi connectivity index (χ1) is 13.5. The summed E-state index contributed by atoms with van der Waals surface area (Å²) in [6.07, 6.45) is 2.44. The molecule has 1 aromatic heterocycles. The second-order valence-electron chi connectivity index (χ2n) is 6.87. The molecule has 9 heteroatoms. The summed E-state index contributed by atoms with van der Waals surface area (Å²) in [5, 5.41) is 11.3. The molecule has 2 aromatic rings. The average Bonchev–Trinajstić information content (AvgIpc) is 3.22. The van der Waals surface area contributed by atoms with Crippen LogP contribution in [0.15, 0.2) is 32.9 Å². The summed E-state index contributed by atoms with van der Waals surface area (Å²) in [6.45, 7) is 5.16. The zero-order valence-corrected chi connectivity index (χ0v) is 18.2. The smallest absolute Gasteiger partial charge is 0.229 e. The molecule has 1 N–H and O–H groups in total. The molecular formula is C19H23ClN4O2S2. The number of nitrogens with zero attached hydrogens (tertiary/aromatic N) is 3. The SMILES string of the molecule is CCC(C)C(=O)N1CCCC(C(=O)Nc2ccc(Sc3nncs3)c(Cl)c2)C1. The molecule has 1 saturated heterocycles. The molecule has 6 nitrogen and oxygen atoms in total. The van der Waals surface area contributed by atoms with Gasteiger partial charge in [-0.15, -0.1) is 10.2 Å². The number of rotatable bonds is 6. The number of hydrogen-bond acceptors (Lipinski definition) is 6. The van der Waals surface area contributed by atoms with E-state index in [2.05, 4.69) is 15.5 Å². The lowest BCUT2D eigenvalue weighted by molar-refractivity contribution is -0.138. The molecule has 0 aliphatic carbocycles. The Morgan fingerprint density at radius 2 is 2.29 bits per heavy atom. The van der Waals surface area contributed by atoms with Crippen molar-refractivity contribution < 1.29 is 9.59 Å². The number of likely N-dealkylation sites (tertiary alicyclic amines) is 1. The molecule has 2 amide bonds. The van der Waals surface area contributed by atoms with Crippen LogP contribution in [0.5, 0.6) is 0 Å². The van der Waals surface area contributed by atoms with E-state index in [4.69, 9.17) is 11.6 Å². The van der Waals surface area contributed by atoms with Crippen molar-refractivity contribution in [3.63, 3.8) is 0 Å². The van der Waals surface area contributed by atoms with E-state index in [1.807, 2.05) is 30.9 Å². The molecule has 2 unspecified atom stereocenters. The van der Waals surface area contributed by atoms with Gasteiger partial charge in [0.25, 0.3) is 0 Å². The molecule has 2 atom stereocenters. The van der Waals surface area contributed by atoms with Crippen LogP contribution in [-0.2, 0) is 9.59 Å². The molecule has 1 aliphatic rings. The molecule has 1 fully saturated rings. The second-order valence-corrected chi connectivity index (χ2v) is 9.40. The summed E-state index contributed by atoms with van der Waals surface area (Å²) in [5.41, 5.74) is 2.33. The van der Waals surface area contributed by atoms with Crippen LogP contribution in [0.25, 0.3) is 0 Å². The first-order valence-electron chi connectivity index (χ1n) is 9.31. The third kappa shape index (κ3) is 5.24. The Bertz CT molecular complexity index is 831. The maximum absolute atomic E-state index is 12.7. The minimum absolute atomic E-state index is 0.00121. The molecule has 150 valence electrons. The van der Waals surface area contributed by atoms with E-state index in [0.717, 1.165) is 35.0 Å². The number of carbonyl (C=O) groups is 2. The van der Waals surface area contributed by atoms with Gasteiger partial charge in [0.2, 0.25) is 11.8 Å². The lowest BCUT2D eigenvalue weighted by Crippen LogP contribution is -2.45. The highest BCUT2D eigenvalue weighted by molar-refractivity contribution is 8.01. The molecule has 0 bridgehead atoms. The van der Waals surface area contributed by atoms with Gasteiger partial charge in [0.1, 0.15) is 5.51 Å². The number of hydrogen-bond donors (Lipinski definition) is 1. The molecule has 28 heavy (non-hydrogen) atoms. The minimum atomic E-state index is -0.198. The van der Waals surface area contributed by atoms with Gasteiger partial charge in [0.15, 0.2) is 4.34 Å². The summed E-state index contributed by atoms with van der Waals surface area (Å²) in [6, 6.07) is 5.44. The lowest BCUT2D eigenvalue weighted by atomic mass is 9.95. The zero-order chi connectivity index (χ0) is 20.1. The lowest BCUT2D eigenvalue weighted by Gasteiger charge is -2.33. The van der Waals surface area contributed by atoms with Crippen molar-refractivity contribution in [2.45, 2.75) is 42.3 Å². The minimum Gasteiger partial charge on any atom is -0.342 e. The summed E-state index contributed by atoms with van der Waals surface area (Å²) >= 11 is 9.25. The number of anilines is 1. The van der Waals surface area contributed by atoms with Crippen LogP contribution >= 0.6 is 34.7 Å². The Balaban J connectivity index is 1.61. The third-order valence-corrected chi connectivity index (χ3v) is 7.15.